The van der Waals surface area contributed by atoms with Gasteiger partial charge in [-0.15, -0.1) is 12.4 Å². The predicted molar refractivity (Wildman–Crippen MR) is 80.3 cm³/mol. The minimum absolute atomic E-state index is 0. The number of benzene rings is 1. The first kappa shape index (κ1) is 17.3. The number of hydrogen-bond acceptors (Lipinski definition) is 3. The van der Waals surface area contributed by atoms with Gasteiger partial charge in [-0.25, -0.2) is 8.42 Å². The van der Waals surface area contributed by atoms with E-state index in [0.717, 1.165) is 0 Å². The summed E-state index contributed by atoms with van der Waals surface area (Å²) in [6.45, 7) is 2.03. The molecule has 1 fully saturated rings. The fraction of sp³-hybridized carbons (Fsp3) is 0.400. The van der Waals surface area contributed by atoms with Crippen LogP contribution in [0.5, 0.6) is 0 Å². The molecule has 1 aromatic carbocycles. The van der Waals surface area contributed by atoms with Crippen LogP contribution in [0, 0.1) is 0 Å². The first-order valence-corrected chi connectivity index (χ1v) is 7.86. The summed E-state index contributed by atoms with van der Waals surface area (Å²) in [6, 6.07) is 2.76. The van der Waals surface area contributed by atoms with Gasteiger partial charge in [-0.3, -0.25) is 0 Å². The number of nitrogens with zero attached hydrogens (tertiary/aromatic N) is 1. The van der Waals surface area contributed by atoms with Crippen molar-refractivity contribution in [3.63, 3.8) is 0 Å². The fourth-order valence-electron chi connectivity index (χ4n) is 1.79. The van der Waals surface area contributed by atoms with Gasteiger partial charge in [0.1, 0.15) is 4.90 Å². The number of rotatable bonds is 2. The van der Waals surface area contributed by atoms with Crippen molar-refractivity contribution in [2.45, 2.75) is 4.90 Å². The second-order valence-corrected chi connectivity index (χ2v) is 6.98. The van der Waals surface area contributed by atoms with E-state index in [1.165, 1.54) is 16.4 Å². The standard InChI is InChI=1S/C10H11Cl3N2O2S.ClH/c11-7-5-8(12)10(9(13)6-7)18(16,17)15-3-1-14-2-4-15;/h5-6,14H,1-4H2;1H. The Morgan fingerprint density at radius 1 is 1.05 bits per heavy atom. The summed E-state index contributed by atoms with van der Waals surface area (Å²) in [4.78, 5) is -0.0721. The van der Waals surface area contributed by atoms with Gasteiger partial charge in [0.2, 0.25) is 10.0 Å². The Hall–Kier alpha value is 0.250. The van der Waals surface area contributed by atoms with E-state index in [1.54, 1.807) is 0 Å². The maximum atomic E-state index is 12.4. The summed E-state index contributed by atoms with van der Waals surface area (Å²) < 4.78 is 26.2. The van der Waals surface area contributed by atoms with Crippen LogP contribution in [0.2, 0.25) is 15.1 Å². The minimum Gasteiger partial charge on any atom is -0.314 e. The van der Waals surface area contributed by atoms with Crippen LogP contribution in [0.4, 0.5) is 0 Å². The SMILES string of the molecule is Cl.O=S(=O)(c1c(Cl)cc(Cl)cc1Cl)N1CCNCC1. The van der Waals surface area contributed by atoms with E-state index in [4.69, 9.17) is 34.8 Å². The van der Waals surface area contributed by atoms with E-state index in [1.807, 2.05) is 0 Å². The molecular formula is C10H12Cl4N2O2S. The molecule has 0 saturated carbocycles. The largest absolute Gasteiger partial charge is 0.314 e. The number of hydrogen-bond donors (Lipinski definition) is 1. The zero-order chi connectivity index (χ0) is 13.3. The lowest BCUT2D eigenvalue weighted by Crippen LogP contribution is -2.46. The smallest absolute Gasteiger partial charge is 0.246 e. The van der Waals surface area contributed by atoms with Gasteiger partial charge in [-0.05, 0) is 12.1 Å². The molecule has 1 N–H and O–H groups in total. The zero-order valence-corrected chi connectivity index (χ0v) is 13.6. The van der Waals surface area contributed by atoms with Gasteiger partial charge in [0.05, 0.1) is 10.0 Å². The molecular weight excluding hydrogens is 354 g/mol. The van der Waals surface area contributed by atoms with Crippen LogP contribution in [0.25, 0.3) is 0 Å². The molecule has 1 aromatic rings. The van der Waals surface area contributed by atoms with Crippen molar-refractivity contribution in [3.8, 4) is 0 Å². The van der Waals surface area contributed by atoms with E-state index in [0.29, 0.717) is 31.2 Å². The van der Waals surface area contributed by atoms with Crippen LogP contribution in [0.15, 0.2) is 17.0 Å². The minimum atomic E-state index is -3.67. The molecule has 0 aromatic heterocycles. The van der Waals surface area contributed by atoms with Crippen molar-refractivity contribution in [2.75, 3.05) is 26.2 Å². The van der Waals surface area contributed by atoms with Crippen LogP contribution in [-0.4, -0.2) is 38.9 Å². The molecule has 9 heteroatoms. The quantitative estimate of drug-likeness (QED) is 0.876. The Morgan fingerprint density at radius 3 is 2.00 bits per heavy atom. The molecule has 4 nitrogen and oxygen atoms in total. The van der Waals surface area contributed by atoms with Crippen molar-refractivity contribution in [2.24, 2.45) is 0 Å². The van der Waals surface area contributed by atoms with Crippen molar-refractivity contribution in [3.05, 3.63) is 27.2 Å². The topological polar surface area (TPSA) is 49.4 Å². The number of sulfonamides is 1. The summed E-state index contributed by atoms with van der Waals surface area (Å²) >= 11 is 17.7. The highest BCUT2D eigenvalue weighted by Gasteiger charge is 2.30. The van der Waals surface area contributed by atoms with E-state index in [2.05, 4.69) is 5.32 Å². The zero-order valence-electron chi connectivity index (χ0n) is 9.70. The lowest BCUT2D eigenvalue weighted by Gasteiger charge is -2.27. The lowest BCUT2D eigenvalue weighted by atomic mass is 10.4. The Kier molecular flexibility index (Phi) is 6.20. The Labute approximate surface area is 133 Å². The van der Waals surface area contributed by atoms with Crippen LogP contribution in [-0.2, 0) is 10.0 Å². The highest BCUT2D eigenvalue weighted by Crippen LogP contribution is 2.34. The molecule has 2 rings (SSSR count). The molecule has 0 aliphatic carbocycles. The third kappa shape index (κ3) is 3.67. The average molecular weight is 366 g/mol. The van der Waals surface area contributed by atoms with Crippen molar-refractivity contribution in [1.29, 1.82) is 0 Å². The summed E-state index contributed by atoms with van der Waals surface area (Å²) in [5.74, 6) is 0. The molecule has 0 radical (unpaired) electrons. The van der Waals surface area contributed by atoms with Gasteiger partial charge in [0.25, 0.3) is 0 Å². The van der Waals surface area contributed by atoms with Gasteiger partial charge < -0.3 is 5.32 Å². The van der Waals surface area contributed by atoms with Gasteiger partial charge in [-0.2, -0.15) is 4.31 Å². The third-order valence-electron chi connectivity index (χ3n) is 2.64. The average Bonchev–Trinajstić information content (AvgIpc) is 2.28. The number of piperazine rings is 1. The van der Waals surface area contributed by atoms with Crippen molar-refractivity contribution < 1.29 is 8.42 Å². The van der Waals surface area contributed by atoms with Gasteiger partial charge in [0.15, 0.2) is 0 Å². The summed E-state index contributed by atoms with van der Waals surface area (Å²) in [7, 11) is -3.67. The highest BCUT2D eigenvalue weighted by molar-refractivity contribution is 7.89. The van der Waals surface area contributed by atoms with Crippen LogP contribution >= 0.6 is 47.2 Å². The van der Waals surface area contributed by atoms with E-state index in [9.17, 15) is 8.42 Å². The predicted octanol–water partition coefficient (Wildman–Crippen LogP) is 2.66. The molecule has 0 spiro atoms. The summed E-state index contributed by atoms with van der Waals surface area (Å²) in [5, 5.41) is 3.49. The van der Waals surface area contributed by atoms with Crippen molar-refractivity contribution >= 4 is 57.2 Å². The maximum absolute atomic E-state index is 12.4. The van der Waals surface area contributed by atoms with Gasteiger partial charge >= 0.3 is 0 Å². The molecule has 19 heavy (non-hydrogen) atoms. The molecule has 0 atom stereocenters. The lowest BCUT2D eigenvalue weighted by molar-refractivity contribution is 0.360. The number of nitrogens with one attached hydrogen (secondary N) is 1. The molecule has 0 amide bonds. The van der Waals surface area contributed by atoms with E-state index in [-0.39, 0.29) is 27.3 Å². The summed E-state index contributed by atoms with van der Waals surface area (Å²) in [5.41, 5.74) is 0. The third-order valence-corrected chi connectivity index (χ3v) is 5.68. The monoisotopic (exact) mass is 364 g/mol. The highest BCUT2D eigenvalue weighted by atomic mass is 35.5. The molecule has 1 aliphatic rings. The molecule has 108 valence electrons. The molecule has 0 bridgehead atoms. The van der Waals surface area contributed by atoms with E-state index >= 15 is 0 Å². The first-order chi connectivity index (χ1) is 8.43. The van der Waals surface area contributed by atoms with Crippen LogP contribution < -0.4 is 5.32 Å². The van der Waals surface area contributed by atoms with Crippen LogP contribution in [0.1, 0.15) is 0 Å². The fourth-order valence-corrected chi connectivity index (χ4v) is 4.72. The molecule has 1 saturated heterocycles. The van der Waals surface area contributed by atoms with Crippen LogP contribution in [0.3, 0.4) is 0 Å². The Bertz CT molecular complexity index is 536. The first-order valence-electron chi connectivity index (χ1n) is 5.28. The van der Waals surface area contributed by atoms with Gasteiger partial charge in [0, 0.05) is 31.2 Å². The van der Waals surface area contributed by atoms with Gasteiger partial charge in [-0.1, -0.05) is 34.8 Å². The maximum Gasteiger partial charge on any atom is 0.246 e. The van der Waals surface area contributed by atoms with Crippen molar-refractivity contribution in [1.82, 2.24) is 9.62 Å². The molecule has 1 heterocycles. The number of halogens is 4. The Balaban J connectivity index is 0.00000180. The second-order valence-electron chi connectivity index (χ2n) is 3.85. The normalized spacial score (nSPS) is 17.0. The summed E-state index contributed by atoms with van der Waals surface area (Å²) in [6.07, 6.45) is 0. The molecule has 1 aliphatic heterocycles. The van der Waals surface area contributed by atoms with E-state index < -0.39 is 10.0 Å². The Morgan fingerprint density at radius 2 is 1.53 bits per heavy atom. The second kappa shape index (κ2) is 6.80. The molecule has 0 unspecified atom stereocenters.